The van der Waals surface area contributed by atoms with Crippen molar-refractivity contribution in [3.63, 3.8) is 0 Å². The van der Waals surface area contributed by atoms with Crippen LogP contribution >= 0.6 is 0 Å². The highest BCUT2D eigenvalue weighted by Gasteiger charge is 2.27. The standard InChI is InChI=1S/C17H19N3O2/c1-4-11-5-6-14-12(9-11)13(10-22-14)15(21)20-17(2,3)16-18-7-8-19-16/h5-10H,4H2,1-3H3,(H,18,19)(H,20,21). The Balaban J connectivity index is 1.92. The van der Waals surface area contributed by atoms with Gasteiger partial charge in [-0.25, -0.2) is 4.98 Å². The molecule has 1 amide bonds. The molecule has 0 aliphatic heterocycles. The van der Waals surface area contributed by atoms with Crippen LogP contribution in [0, 0.1) is 0 Å². The van der Waals surface area contributed by atoms with E-state index >= 15 is 0 Å². The molecule has 22 heavy (non-hydrogen) atoms. The van der Waals surface area contributed by atoms with Crippen molar-refractivity contribution in [3.8, 4) is 0 Å². The van der Waals surface area contributed by atoms with Gasteiger partial charge in [0, 0.05) is 17.8 Å². The zero-order chi connectivity index (χ0) is 15.7. The Bertz CT molecular complexity index is 801. The number of H-pyrrole nitrogens is 1. The third-order valence-electron chi connectivity index (χ3n) is 3.81. The number of hydrogen-bond acceptors (Lipinski definition) is 3. The molecule has 0 unspecified atom stereocenters. The Hall–Kier alpha value is -2.56. The molecule has 0 aliphatic rings. The maximum absolute atomic E-state index is 12.6. The number of nitrogens with zero attached hydrogens (tertiary/aromatic N) is 1. The van der Waals surface area contributed by atoms with Gasteiger partial charge in [0.2, 0.25) is 0 Å². The minimum Gasteiger partial charge on any atom is -0.463 e. The second-order valence-electron chi connectivity index (χ2n) is 5.85. The normalized spacial score (nSPS) is 11.8. The van der Waals surface area contributed by atoms with Crippen LogP contribution in [0.1, 0.15) is 42.5 Å². The Kier molecular flexibility index (Phi) is 3.48. The first-order valence-electron chi connectivity index (χ1n) is 7.34. The minimum absolute atomic E-state index is 0.173. The van der Waals surface area contributed by atoms with E-state index in [1.807, 2.05) is 32.0 Å². The third-order valence-corrected chi connectivity index (χ3v) is 3.81. The quantitative estimate of drug-likeness (QED) is 0.775. The molecule has 5 heteroatoms. The molecular formula is C17H19N3O2. The van der Waals surface area contributed by atoms with E-state index in [0.29, 0.717) is 11.4 Å². The van der Waals surface area contributed by atoms with Gasteiger partial charge < -0.3 is 14.7 Å². The fourth-order valence-corrected chi connectivity index (χ4v) is 2.49. The first-order chi connectivity index (χ1) is 10.5. The summed E-state index contributed by atoms with van der Waals surface area (Å²) in [6.07, 6.45) is 5.84. The van der Waals surface area contributed by atoms with E-state index in [0.717, 1.165) is 17.4 Å². The van der Waals surface area contributed by atoms with Crippen molar-refractivity contribution in [3.05, 3.63) is 53.8 Å². The molecule has 0 radical (unpaired) electrons. The van der Waals surface area contributed by atoms with Gasteiger partial charge in [0.05, 0.1) is 11.1 Å². The summed E-state index contributed by atoms with van der Waals surface area (Å²) >= 11 is 0. The second kappa shape index (κ2) is 5.33. The van der Waals surface area contributed by atoms with Crippen molar-refractivity contribution in [2.24, 2.45) is 0 Å². The highest BCUT2D eigenvalue weighted by atomic mass is 16.3. The minimum atomic E-state index is -0.591. The lowest BCUT2D eigenvalue weighted by Gasteiger charge is -2.23. The van der Waals surface area contributed by atoms with Crippen LogP contribution in [0.15, 0.2) is 41.3 Å². The highest BCUT2D eigenvalue weighted by Crippen LogP contribution is 2.24. The molecule has 0 atom stereocenters. The van der Waals surface area contributed by atoms with Gasteiger partial charge in [0.1, 0.15) is 17.7 Å². The number of carbonyl (C=O) groups is 1. The van der Waals surface area contributed by atoms with E-state index in [-0.39, 0.29) is 5.91 Å². The first-order valence-corrected chi connectivity index (χ1v) is 7.34. The van der Waals surface area contributed by atoms with E-state index in [1.54, 1.807) is 12.4 Å². The third kappa shape index (κ3) is 2.50. The van der Waals surface area contributed by atoms with Crippen LogP contribution < -0.4 is 5.32 Å². The Labute approximate surface area is 128 Å². The van der Waals surface area contributed by atoms with E-state index in [2.05, 4.69) is 22.2 Å². The summed E-state index contributed by atoms with van der Waals surface area (Å²) in [4.78, 5) is 19.9. The van der Waals surface area contributed by atoms with Gasteiger partial charge in [0.15, 0.2) is 0 Å². The molecule has 1 aromatic carbocycles. The average Bonchev–Trinajstić information content (AvgIpc) is 3.15. The highest BCUT2D eigenvalue weighted by molar-refractivity contribution is 6.06. The van der Waals surface area contributed by atoms with Gasteiger partial charge in [-0.1, -0.05) is 13.0 Å². The Morgan fingerprint density at radius 1 is 1.41 bits per heavy atom. The lowest BCUT2D eigenvalue weighted by Crippen LogP contribution is -2.41. The van der Waals surface area contributed by atoms with Crippen LogP contribution in [0.3, 0.4) is 0 Å². The van der Waals surface area contributed by atoms with Crippen LogP contribution in [0.4, 0.5) is 0 Å². The number of hydrogen-bond donors (Lipinski definition) is 2. The molecule has 114 valence electrons. The summed E-state index contributed by atoms with van der Waals surface area (Å²) in [6, 6.07) is 5.93. The van der Waals surface area contributed by atoms with Gasteiger partial charge in [-0.2, -0.15) is 0 Å². The van der Waals surface area contributed by atoms with Crippen molar-refractivity contribution < 1.29 is 9.21 Å². The summed E-state index contributed by atoms with van der Waals surface area (Å²) in [5, 5.41) is 3.84. The monoisotopic (exact) mass is 297 g/mol. The summed E-state index contributed by atoms with van der Waals surface area (Å²) in [7, 11) is 0. The molecule has 0 fully saturated rings. The summed E-state index contributed by atoms with van der Waals surface area (Å²) in [6.45, 7) is 5.90. The van der Waals surface area contributed by atoms with Crippen molar-refractivity contribution in [1.82, 2.24) is 15.3 Å². The zero-order valence-corrected chi connectivity index (χ0v) is 12.9. The number of carbonyl (C=O) groups excluding carboxylic acids is 1. The van der Waals surface area contributed by atoms with Crippen LogP contribution in [0.5, 0.6) is 0 Å². The summed E-state index contributed by atoms with van der Waals surface area (Å²) in [5.41, 5.74) is 1.85. The molecule has 0 saturated heterocycles. The average molecular weight is 297 g/mol. The smallest absolute Gasteiger partial charge is 0.255 e. The predicted octanol–water partition coefficient (Wildman–Crippen LogP) is 3.38. The predicted molar refractivity (Wildman–Crippen MR) is 84.7 cm³/mol. The molecule has 0 aliphatic carbocycles. The maximum atomic E-state index is 12.6. The van der Waals surface area contributed by atoms with E-state index in [1.165, 1.54) is 11.8 Å². The zero-order valence-electron chi connectivity index (χ0n) is 12.9. The number of aromatic amines is 1. The number of benzene rings is 1. The number of furan rings is 1. The Morgan fingerprint density at radius 2 is 2.23 bits per heavy atom. The van der Waals surface area contributed by atoms with Crippen molar-refractivity contribution in [2.75, 3.05) is 0 Å². The fraction of sp³-hybridized carbons (Fsp3) is 0.294. The van der Waals surface area contributed by atoms with Crippen LogP contribution in [0.2, 0.25) is 0 Å². The number of aromatic nitrogens is 2. The van der Waals surface area contributed by atoms with Crippen molar-refractivity contribution in [2.45, 2.75) is 32.7 Å². The molecule has 3 aromatic rings. The molecule has 3 rings (SSSR count). The van der Waals surface area contributed by atoms with Gasteiger partial charge >= 0.3 is 0 Å². The maximum Gasteiger partial charge on any atom is 0.255 e. The molecule has 2 aromatic heterocycles. The first kappa shape index (κ1) is 14.4. The number of nitrogens with one attached hydrogen (secondary N) is 2. The largest absolute Gasteiger partial charge is 0.463 e. The van der Waals surface area contributed by atoms with Gasteiger partial charge in [-0.3, -0.25) is 4.79 Å². The number of amides is 1. The molecule has 0 bridgehead atoms. The topological polar surface area (TPSA) is 70.9 Å². The summed E-state index contributed by atoms with van der Waals surface area (Å²) < 4.78 is 5.49. The molecule has 2 N–H and O–H groups in total. The number of fused-ring (bicyclic) bond motifs is 1. The van der Waals surface area contributed by atoms with Crippen LogP contribution in [-0.2, 0) is 12.0 Å². The second-order valence-corrected chi connectivity index (χ2v) is 5.85. The summed E-state index contributed by atoms with van der Waals surface area (Å²) in [5.74, 6) is 0.538. The molecule has 0 spiro atoms. The van der Waals surface area contributed by atoms with Gasteiger partial charge in [-0.05, 0) is 38.0 Å². The van der Waals surface area contributed by atoms with Gasteiger partial charge in [0.25, 0.3) is 5.91 Å². The molecule has 2 heterocycles. The number of imidazole rings is 1. The Morgan fingerprint density at radius 3 is 2.91 bits per heavy atom. The lowest BCUT2D eigenvalue weighted by molar-refractivity contribution is 0.0909. The van der Waals surface area contributed by atoms with E-state index in [9.17, 15) is 4.79 Å². The molecular weight excluding hydrogens is 278 g/mol. The van der Waals surface area contributed by atoms with E-state index < -0.39 is 5.54 Å². The van der Waals surface area contributed by atoms with Crippen molar-refractivity contribution in [1.29, 1.82) is 0 Å². The van der Waals surface area contributed by atoms with Gasteiger partial charge in [-0.15, -0.1) is 0 Å². The van der Waals surface area contributed by atoms with Crippen LogP contribution in [-0.4, -0.2) is 15.9 Å². The molecule has 0 saturated carbocycles. The van der Waals surface area contributed by atoms with E-state index in [4.69, 9.17) is 4.42 Å². The lowest BCUT2D eigenvalue weighted by atomic mass is 10.0. The van der Waals surface area contributed by atoms with Crippen molar-refractivity contribution >= 4 is 16.9 Å². The number of rotatable bonds is 4. The molecule has 5 nitrogen and oxygen atoms in total. The SMILES string of the molecule is CCc1ccc2occ(C(=O)NC(C)(C)c3ncc[nH]3)c2c1. The fourth-order valence-electron chi connectivity index (χ4n) is 2.49. The number of aryl methyl sites for hydroxylation is 1. The van der Waals surface area contributed by atoms with Crippen LogP contribution in [0.25, 0.3) is 11.0 Å².